The molecule has 14 heavy (non-hydrogen) atoms. The summed E-state index contributed by atoms with van der Waals surface area (Å²) in [5.41, 5.74) is 4.95. The summed E-state index contributed by atoms with van der Waals surface area (Å²) in [6.45, 7) is 1.16. The number of nitro groups is 1. The monoisotopic (exact) mass is 196 g/mol. The molecular formula is C8H8N2O4. The minimum atomic E-state index is -0.687. The van der Waals surface area contributed by atoms with Crippen LogP contribution < -0.4 is 10.5 Å². The van der Waals surface area contributed by atoms with Crippen LogP contribution in [0.1, 0.15) is 6.92 Å². The summed E-state index contributed by atoms with van der Waals surface area (Å²) in [6, 6.07) is 4.15. The Hall–Kier alpha value is -2.11. The molecule has 0 aliphatic rings. The standard InChI is InChI=1S/C8H8N2O4/c1-5(11)14-7-4-2-3-6(9)8(7)10(12)13/h2-4H,9H2,1H3. The minimum absolute atomic E-state index is 0.0336. The molecule has 6 nitrogen and oxygen atoms in total. The Morgan fingerprint density at radius 2 is 2.21 bits per heavy atom. The van der Waals surface area contributed by atoms with Crippen molar-refractivity contribution in [1.29, 1.82) is 0 Å². The van der Waals surface area contributed by atoms with E-state index in [1.54, 1.807) is 0 Å². The minimum Gasteiger partial charge on any atom is -0.419 e. The maximum Gasteiger partial charge on any atom is 0.334 e. The smallest absolute Gasteiger partial charge is 0.334 e. The average molecular weight is 196 g/mol. The number of para-hydroxylation sites is 1. The lowest BCUT2D eigenvalue weighted by Gasteiger charge is -2.03. The molecule has 2 N–H and O–H groups in total. The highest BCUT2D eigenvalue weighted by Gasteiger charge is 2.19. The van der Waals surface area contributed by atoms with Crippen LogP contribution in [0.2, 0.25) is 0 Å². The Labute approximate surface area is 79.4 Å². The summed E-state index contributed by atoms with van der Waals surface area (Å²) < 4.78 is 4.63. The van der Waals surface area contributed by atoms with E-state index in [0.717, 1.165) is 6.92 Å². The number of nitrogens with two attached hydrogens (primary N) is 1. The summed E-state index contributed by atoms with van der Waals surface area (Å²) >= 11 is 0. The summed E-state index contributed by atoms with van der Waals surface area (Å²) in [4.78, 5) is 20.5. The van der Waals surface area contributed by atoms with Crippen LogP contribution in [0.3, 0.4) is 0 Å². The molecule has 0 aliphatic heterocycles. The zero-order chi connectivity index (χ0) is 10.7. The number of esters is 1. The van der Waals surface area contributed by atoms with Crippen LogP contribution in [-0.4, -0.2) is 10.9 Å². The highest BCUT2D eigenvalue weighted by Crippen LogP contribution is 2.32. The van der Waals surface area contributed by atoms with E-state index in [9.17, 15) is 14.9 Å². The Kier molecular flexibility index (Phi) is 2.66. The number of anilines is 1. The second-order valence-corrected chi connectivity index (χ2v) is 2.54. The van der Waals surface area contributed by atoms with Crippen molar-refractivity contribution in [2.24, 2.45) is 0 Å². The number of ether oxygens (including phenoxy) is 1. The largest absolute Gasteiger partial charge is 0.419 e. The Bertz CT molecular complexity index is 389. The number of nitro benzene ring substituents is 1. The molecule has 0 unspecified atom stereocenters. The zero-order valence-corrected chi connectivity index (χ0v) is 7.39. The molecule has 0 saturated heterocycles. The fraction of sp³-hybridized carbons (Fsp3) is 0.125. The zero-order valence-electron chi connectivity index (χ0n) is 7.39. The predicted octanol–water partition coefficient (Wildman–Crippen LogP) is 1.10. The molecule has 0 aromatic heterocycles. The maximum atomic E-state index is 10.6. The summed E-state index contributed by atoms with van der Waals surface area (Å²) in [7, 11) is 0. The molecule has 1 rings (SSSR count). The van der Waals surface area contributed by atoms with Crippen molar-refractivity contribution in [3.63, 3.8) is 0 Å². The van der Waals surface area contributed by atoms with E-state index in [1.807, 2.05) is 0 Å². The molecule has 1 aromatic rings. The van der Waals surface area contributed by atoms with E-state index in [0.29, 0.717) is 0 Å². The SMILES string of the molecule is CC(=O)Oc1cccc(N)c1[N+](=O)[O-]. The topological polar surface area (TPSA) is 95.5 Å². The maximum absolute atomic E-state index is 10.6. The van der Waals surface area contributed by atoms with Crippen molar-refractivity contribution in [1.82, 2.24) is 0 Å². The van der Waals surface area contributed by atoms with Crippen LogP contribution in [0, 0.1) is 10.1 Å². The number of nitrogen functional groups attached to an aromatic ring is 1. The van der Waals surface area contributed by atoms with Crippen molar-refractivity contribution in [2.75, 3.05) is 5.73 Å². The van der Waals surface area contributed by atoms with E-state index >= 15 is 0 Å². The fourth-order valence-corrected chi connectivity index (χ4v) is 0.972. The van der Waals surface area contributed by atoms with Gasteiger partial charge in [-0.2, -0.15) is 0 Å². The lowest BCUT2D eigenvalue weighted by Crippen LogP contribution is -2.05. The van der Waals surface area contributed by atoms with Crippen molar-refractivity contribution in [3.8, 4) is 5.75 Å². The molecule has 0 amide bonds. The van der Waals surface area contributed by atoms with Gasteiger partial charge < -0.3 is 10.5 Å². The molecule has 0 atom stereocenters. The van der Waals surface area contributed by atoms with Gasteiger partial charge in [0, 0.05) is 6.92 Å². The first-order chi connectivity index (χ1) is 6.52. The van der Waals surface area contributed by atoms with Crippen LogP contribution in [0.5, 0.6) is 5.75 Å². The molecule has 0 bridgehead atoms. The van der Waals surface area contributed by atoms with Crippen LogP contribution in [0.15, 0.2) is 18.2 Å². The summed E-state index contributed by atoms with van der Waals surface area (Å²) in [5, 5.41) is 10.6. The fourth-order valence-electron chi connectivity index (χ4n) is 0.972. The van der Waals surface area contributed by atoms with Crippen molar-refractivity contribution >= 4 is 17.3 Å². The van der Waals surface area contributed by atoms with E-state index in [1.165, 1.54) is 18.2 Å². The molecule has 6 heteroatoms. The normalized spacial score (nSPS) is 9.50. The second kappa shape index (κ2) is 3.73. The van der Waals surface area contributed by atoms with Gasteiger partial charge in [0.05, 0.1) is 4.92 Å². The van der Waals surface area contributed by atoms with Crippen LogP contribution in [0.25, 0.3) is 0 Å². The third kappa shape index (κ3) is 1.98. The van der Waals surface area contributed by atoms with Gasteiger partial charge in [0.25, 0.3) is 0 Å². The Balaban J connectivity index is 3.21. The van der Waals surface area contributed by atoms with Gasteiger partial charge in [0.1, 0.15) is 5.69 Å². The summed E-state index contributed by atoms with van der Waals surface area (Å²) in [5.74, 6) is -0.763. The quantitative estimate of drug-likeness (QED) is 0.251. The first-order valence-corrected chi connectivity index (χ1v) is 3.73. The van der Waals surface area contributed by atoms with E-state index in [4.69, 9.17) is 5.73 Å². The van der Waals surface area contributed by atoms with E-state index < -0.39 is 10.9 Å². The lowest BCUT2D eigenvalue weighted by molar-refractivity contribution is -0.384. The number of hydrogen-bond acceptors (Lipinski definition) is 5. The number of carbonyl (C=O) groups is 1. The number of carbonyl (C=O) groups excluding carboxylic acids is 1. The third-order valence-corrected chi connectivity index (χ3v) is 1.47. The third-order valence-electron chi connectivity index (χ3n) is 1.47. The predicted molar refractivity (Wildman–Crippen MR) is 48.8 cm³/mol. The first-order valence-electron chi connectivity index (χ1n) is 3.73. The molecular weight excluding hydrogens is 188 g/mol. The molecule has 0 fully saturated rings. The first kappa shape index (κ1) is 9.97. The molecule has 0 aliphatic carbocycles. The van der Waals surface area contributed by atoms with Gasteiger partial charge in [-0.25, -0.2) is 0 Å². The second-order valence-electron chi connectivity index (χ2n) is 2.54. The van der Waals surface area contributed by atoms with Gasteiger partial charge in [-0.15, -0.1) is 0 Å². The number of benzene rings is 1. The Morgan fingerprint density at radius 3 is 2.71 bits per heavy atom. The van der Waals surface area contributed by atoms with E-state index in [2.05, 4.69) is 4.74 Å². The van der Waals surface area contributed by atoms with Gasteiger partial charge in [-0.05, 0) is 12.1 Å². The summed E-state index contributed by atoms with van der Waals surface area (Å²) in [6.07, 6.45) is 0. The van der Waals surface area contributed by atoms with Gasteiger partial charge in [0.15, 0.2) is 0 Å². The Morgan fingerprint density at radius 1 is 1.57 bits per heavy atom. The molecule has 74 valence electrons. The number of hydrogen-bond donors (Lipinski definition) is 1. The molecule has 0 heterocycles. The van der Waals surface area contributed by atoms with Crippen molar-refractivity contribution in [3.05, 3.63) is 28.3 Å². The number of rotatable bonds is 2. The van der Waals surface area contributed by atoms with Gasteiger partial charge in [-0.3, -0.25) is 14.9 Å². The lowest BCUT2D eigenvalue weighted by atomic mass is 10.2. The van der Waals surface area contributed by atoms with Gasteiger partial charge >= 0.3 is 11.7 Å². The van der Waals surface area contributed by atoms with Crippen LogP contribution in [-0.2, 0) is 4.79 Å². The van der Waals surface area contributed by atoms with E-state index in [-0.39, 0.29) is 17.1 Å². The van der Waals surface area contributed by atoms with Gasteiger partial charge in [-0.1, -0.05) is 6.07 Å². The molecule has 0 spiro atoms. The van der Waals surface area contributed by atoms with Gasteiger partial charge in [0.2, 0.25) is 5.75 Å². The highest BCUT2D eigenvalue weighted by atomic mass is 16.6. The van der Waals surface area contributed by atoms with Crippen molar-refractivity contribution < 1.29 is 14.5 Å². The van der Waals surface area contributed by atoms with Crippen molar-refractivity contribution in [2.45, 2.75) is 6.92 Å². The average Bonchev–Trinajstić information content (AvgIpc) is 2.01. The molecule has 0 saturated carbocycles. The molecule has 1 aromatic carbocycles. The van der Waals surface area contributed by atoms with Crippen LogP contribution in [0.4, 0.5) is 11.4 Å². The number of nitrogens with zero attached hydrogens (tertiary/aromatic N) is 1. The highest BCUT2D eigenvalue weighted by molar-refractivity contribution is 5.74. The molecule has 0 radical (unpaired) electrons. The van der Waals surface area contributed by atoms with Crippen LogP contribution >= 0.6 is 0 Å².